The Morgan fingerprint density at radius 3 is 2.93 bits per heavy atom. The molecule has 0 aliphatic carbocycles. The van der Waals surface area contributed by atoms with Gasteiger partial charge in [-0.1, -0.05) is 6.92 Å². The second-order valence-electron chi connectivity index (χ2n) is 3.86. The number of aliphatic hydroxyl groups is 1. The summed E-state index contributed by atoms with van der Waals surface area (Å²) in [6, 6.07) is 0. The van der Waals surface area contributed by atoms with E-state index in [-0.39, 0.29) is 6.10 Å². The van der Waals surface area contributed by atoms with Gasteiger partial charge in [-0.15, -0.1) is 0 Å². The minimum atomic E-state index is -0.213. The van der Waals surface area contributed by atoms with Crippen LogP contribution in [-0.4, -0.2) is 27.7 Å². The van der Waals surface area contributed by atoms with Gasteiger partial charge in [-0.25, -0.2) is 4.98 Å². The van der Waals surface area contributed by atoms with Crippen molar-refractivity contribution in [2.24, 2.45) is 5.92 Å². The third-order valence-corrected chi connectivity index (χ3v) is 2.08. The molecule has 4 nitrogen and oxygen atoms in total. The summed E-state index contributed by atoms with van der Waals surface area (Å²) < 4.78 is 0. The first-order valence-corrected chi connectivity index (χ1v) is 5.05. The number of rotatable bonds is 6. The molecule has 80 valence electrons. The summed E-state index contributed by atoms with van der Waals surface area (Å²) in [5, 5.41) is 12.4. The fraction of sp³-hybridized carbons (Fsp3) is 0.700. The highest BCUT2D eigenvalue weighted by Gasteiger charge is 2.05. The molecule has 0 bridgehead atoms. The quantitative estimate of drug-likeness (QED) is 0.635. The number of aliphatic hydroxyl groups excluding tert-OH is 1. The van der Waals surface area contributed by atoms with E-state index in [2.05, 4.69) is 22.2 Å². The third kappa shape index (κ3) is 4.39. The summed E-state index contributed by atoms with van der Waals surface area (Å²) in [7, 11) is 0. The number of nitrogens with zero attached hydrogens (tertiary/aromatic N) is 1. The Morgan fingerprint density at radius 1 is 1.57 bits per heavy atom. The van der Waals surface area contributed by atoms with Crippen molar-refractivity contribution in [3.63, 3.8) is 0 Å². The first kappa shape index (κ1) is 11.2. The molecule has 0 aliphatic heterocycles. The van der Waals surface area contributed by atoms with E-state index in [1.807, 2.05) is 13.1 Å². The third-order valence-electron chi connectivity index (χ3n) is 2.08. The molecule has 0 radical (unpaired) electrons. The van der Waals surface area contributed by atoms with Crippen molar-refractivity contribution < 1.29 is 5.11 Å². The molecule has 1 rings (SSSR count). The number of nitrogens with one attached hydrogen (secondary N) is 2. The van der Waals surface area contributed by atoms with E-state index in [9.17, 15) is 0 Å². The molecule has 0 aromatic carbocycles. The molecule has 0 amide bonds. The predicted octanol–water partition coefficient (Wildman–Crippen LogP) is 0.906. The second-order valence-corrected chi connectivity index (χ2v) is 3.86. The monoisotopic (exact) mass is 197 g/mol. The lowest BCUT2D eigenvalue weighted by Gasteiger charge is -2.13. The summed E-state index contributed by atoms with van der Waals surface area (Å²) in [5.41, 5.74) is 0. The van der Waals surface area contributed by atoms with Crippen LogP contribution in [0.3, 0.4) is 0 Å². The van der Waals surface area contributed by atoms with E-state index in [4.69, 9.17) is 5.11 Å². The van der Waals surface area contributed by atoms with Gasteiger partial charge in [0.25, 0.3) is 0 Å². The van der Waals surface area contributed by atoms with Crippen LogP contribution in [0.15, 0.2) is 12.4 Å². The number of aromatic amines is 1. The fourth-order valence-electron chi connectivity index (χ4n) is 1.50. The van der Waals surface area contributed by atoms with Gasteiger partial charge in [0.15, 0.2) is 0 Å². The van der Waals surface area contributed by atoms with E-state index < -0.39 is 0 Å². The van der Waals surface area contributed by atoms with Gasteiger partial charge in [0.05, 0.1) is 12.6 Å². The first-order chi connectivity index (χ1) is 6.68. The molecule has 14 heavy (non-hydrogen) atoms. The van der Waals surface area contributed by atoms with Gasteiger partial charge in [-0.2, -0.15) is 0 Å². The summed E-state index contributed by atoms with van der Waals surface area (Å²) in [6.07, 6.45) is 4.19. The number of imidazole rings is 1. The number of hydrogen-bond acceptors (Lipinski definition) is 3. The molecule has 2 atom stereocenters. The highest BCUT2D eigenvalue weighted by molar-refractivity contribution is 4.85. The van der Waals surface area contributed by atoms with Crippen molar-refractivity contribution in [3.8, 4) is 0 Å². The van der Waals surface area contributed by atoms with E-state index in [0.29, 0.717) is 5.92 Å². The van der Waals surface area contributed by atoms with Crippen molar-refractivity contribution >= 4 is 0 Å². The summed E-state index contributed by atoms with van der Waals surface area (Å²) in [6.45, 7) is 5.62. The number of H-pyrrole nitrogens is 1. The maximum Gasteiger partial charge on any atom is 0.120 e. The van der Waals surface area contributed by atoms with Crippen LogP contribution in [0.5, 0.6) is 0 Å². The Bertz CT molecular complexity index is 234. The molecule has 0 saturated heterocycles. The van der Waals surface area contributed by atoms with Gasteiger partial charge in [0.2, 0.25) is 0 Å². The average Bonchev–Trinajstić information content (AvgIpc) is 2.55. The van der Waals surface area contributed by atoms with Crippen LogP contribution >= 0.6 is 0 Å². The summed E-state index contributed by atoms with van der Waals surface area (Å²) in [5.74, 6) is 1.44. The summed E-state index contributed by atoms with van der Waals surface area (Å²) in [4.78, 5) is 7.14. The predicted molar refractivity (Wildman–Crippen MR) is 55.8 cm³/mol. The topological polar surface area (TPSA) is 60.9 Å². The van der Waals surface area contributed by atoms with Crippen molar-refractivity contribution in [2.75, 3.05) is 6.54 Å². The van der Waals surface area contributed by atoms with Crippen molar-refractivity contribution in [1.29, 1.82) is 0 Å². The molecule has 0 saturated carbocycles. The maximum atomic E-state index is 9.16. The molecule has 2 unspecified atom stereocenters. The van der Waals surface area contributed by atoms with Gasteiger partial charge in [-0.05, 0) is 25.8 Å². The lowest BCUT2D eigenvalue weighted by atomic mass is 10.1. The standard InChI is InChI=1S/C10H19N3O/c1-8(5-9(2)14)6-11-7-10-12-3-4-13-10/h3-4,8-9,11,14H,5-7H2,1-2H3,(H,12,13). The number of hydrogen-bond donors (Lipinski definition) is 3. The molecule has 4 heteroatoms. The van der Waals surface area contributed by atoms with E-state index in [1.54, 1.807) is 6.20 Å². The van der Waals surface area contributed by atoms with Crippen molar-refractivity contribution in [3.05, 3.63) is 18.2 Å². The minimum Gasteiger partial charge on any atom is -0.393 e. The first-order valence-electron chi connectivity index (χ1n) is 5.05. The lowest BCUT2D eigenvalue weighted by molar-refractivity contribution is 0.163. The Hall–Kier alpha value is -0.870. The minimum absolute atomic E-state index is 0.213. The highest BCUT2D eigenvalue weighted by atomic mass is 16.3. The van der Waals surface area contributed by atoms with Crippen LogP contribution in [0, 0.1) is 5.92 Å². The SMILES string of the molecule is CC(O)CC(C)CNCc1ncc[nH]1. The maximum absolute atomic E-state index is 9.16. The molecule has 1 heterocycles. The van der Waals surface area contributed by atoms with Crippen LogP contribution in [0.25, 0.3) is 0 Å². The van der Waals surface area contributed by atoms with E-state index in [0.717, 1.165) is 25.3 Å². The van der Waals surface area contributed by atoms with Crippen LogP contribution in [0.1, 0.15) is 26.1 Å². The van der Waals surface area contributed by atoms with Crippen molar-refractivity contribution in [2.45, 2.75) is 32.9 Å². The molecule has 0 spiro atoms. The van der Waals surface area contributed by atoms with Crippen molar-refractivity contribution in [1.82, 2.24) is 15.3 Å². The zero-order chi connectivity index (χ0) is 10.4. The zero-order valence-corrected chi connectivity index (χ0v) is 8.83. The smallest absolute Gasteiger partial charge is 0.120 e. The zero-order valence-electron chi connectivity index (χ0n) is 8.83. The van der Waals surface area contributed by atoms with Crippen LogP contribution in [-0.2, 0) is 6.54 Å². The van der Waals surface area contributed by atoms with Crippen LogP contribution in [0.2, 0.25) is 0 Å². The van der Waals surface area contributed by atoms with Gasteiger partial charge >= 0.3 is 0 Å². The molecule has 1 aromatic rings. The molecular weight excluding hydrogens is 178 g/mol. The average molecular weight is 197 g/mol. The number of aromatic nitrogens is 2. The van der Waals surface area contributed by atoms with Gasteiger partial charge in [0, 0.05) is 12.4 Å². The van der Waals surface area contributed by atoms with Gasteiger partial charge in [0.1, 0.15) is 5.82 Å². The van der Waals surface area contributed by atoms with Gasteiger partial charge < -0.3 is 15.4 Å². The van der Waals surface area contributed by atoms with Crippen LogP contribution < -0.4 is 5.32 Å². The molecule has 1 aromatic heterocycles. The van der Waals surface area contributed by atoms with Crippen LogP contribution in [0.4, 0.5) is 0 Å². The molecule has 0 aliphatic rings. The Kier molecular flexibility index (Phi) is 4.62. The Balaban J connectivity index is 2.09. The lowest BCUT2D eigenvalue weighted by Crippen LogP contribution is -2.23. The normalized spacial score (nSPS) is 15.4. The van der Waals surface area contributed by atoms with Gasteiger partial charge in [-0.3, -0.25) is 0 Å². The highest BCUT2D eigenvalue weighted by Crippen LogP contribution is 2.03. The van der Waals surface area contributed by atoms with E-state index >= 15 is 0 Å². The molecule has 0 fully saturated rings. The largest absolute Gasteiger partial charge is 0.393 e. The summed E-state index contributed by atoms with van der Waals surface area (Å²) >= 11 is 0. The fourth-order valence-corrected chi connectivity index (χ4v) is 1.50. The Morgan fingerprint density at radius 2 is 2.36 bits per heavy atom. The molecular formula is C10H19N3O. The van der Waals surface area contributed by atoms with E-state index in [1.165, 1.54) is 0 Å². The Labute approximate surface area is 84.8 Å². The second kappa shape index (κ2) is 5.78. The molecule has 3 N–H and O–H groups in total.